The Morgan fingerprint density at radius 1 is 1.62 bits per heavy atom. The highest BCUT2D eigenvalue weighted by molar-refractivity contribution is 7.13. The zero-order chi connectivity index (χ0) is 9.84. The van der Waals surface area contributed by atoms with Gasteiger partial charge in [-0.15, -0.1) is 11.3 Å². The molecule has 0 aliphatic carbocycles. The molecule has 0 spiro atoms. The number of thiophene rings is 1. The second kappa shape index (κ2) is 4.28. The Morgan fingerprint density at radius 3 is 2.77 bits per heavy atom. The third-order valence-corrected chi connectivity index (χ3v) is 2.48. The van der Waals surface area contributed by atoms with E-state index in [2.05, 4.69) is 0 Å². The van der Waals surface area contributed by atoms with Crippen LogP contribution in [0.4, 0.5) is 4.39 Å². The summed E-state index contributed by atoms with van der Waals surface area (Å²) in [6.45, 7) is 1.53. The van der Waals surface area contributed by atoms with Gasteiger partial charge in [0.05, 0.1) is 4.88 Å². The summed E-state index contributed by atoms with van der Waals surface area (Å²) in [6, 6.07) is 3.18. The molecule has 2 nitrogen and oxygen atoms in total. The predicted molar refractivity (Wildman–Crippen MR) is 48.8 cm³/mol. The first kappa shape index (κ1) is 10.1. The number of carbonyl (C=O) groups excluding carboxylic acids is 2. The van der Waals surface area contributed by atoms with Crippen molar-refractivity contribution in [3.63, 3.8) is 0 Å². The van der Waals surface area contributed by atoms with E-state index in [4.69, 9.17) is 0 Å². The Balaban J connectivity index is 2.75. The molecule has 0 aliphatic heterocycles. The Bertz CT molecular complexity index is 305. The highest BCUT2D eigenvalue weighted by atomic mass is 32.1. The summed E-state index contributed by atoms with van der Waals surface area (Å²) in [5.41, 5.74) is 0. The van der Waals surface area contributed by atoms with Gasteiger partial charge in [0.1, 0.15) is 0 Å². The van der Waals surface area contributed by atoms with Crippen LogP contribution < -0.4 is 0 Å². The number of rotatable bonds is 4. The molecule has 1 unspecified atom stereocenters. The van der Waals surface area contributed by atoms with Crippen molar-refractivity contribution < 1.29 is 14.0 Å². The summed E-state index contributed by atoms with van der Waals surface area (Å²) in [5, 5.41) is 1.68. The van der Waals surface area contributed by atoms with Crippen molar-refractivity contribution in [2.45, 2.75) is 19.5 Å². The Labute approximate surface area is 79.4 Å². The van der Waals surface area contributed by atoms with Gasteiger partial charge in [0, 0.05) is 0 Å². The zero-order valence-corrected chi connectivity index (χ0v) is 7.94. The maximum Gasteiger partial charge on any atom is 0.241 e. The van der Waals surface area contributed by atoms with Crippen LogP contribution in [-0.2, 0) is 4.79 Å². The van der Waals surface area contributed by atoms with Gasteiger partial charge in [-0.1, -0.05) is 13.0 Å². The minimum Gasteiger partial charge on any atom is -0.287 e. The van der Waals surface area contributed by atoms with Gasteiger partial charge >= 0.3 is 0 Å². The van der Waals surface area contributed by atoms with Crippen molar-refractivity contribution in [2.75, 3.05) is 0 Å². The van der Waals surface area contributed by atoms with E-state index in [1.165, 1.54) is 13.0 Å². The van der Waals surface area contributed by atoms with Crippen molar-refractivity contribution >= 4 is 22.9 Å². The maximum atomic E-state index is 12.8. The zero-order valence-electron chi connectivity index (χ0n) is 7.12. The van der Waals surface area contributed by atoms with Gasteiger partial charge in [0.25, 0.3) is 0 Å². The fraction of sp³-hybridized carbons (Fsp3) is 0.333. The van der Waals surface area contributed by atoms with Crippen LogP contribution in [0.3, 0.4) is 0 Å². The molecule has 0 radical (unpaired) electrons. The average molecular weight is 200 g/mol. The topological polar surface area (TPSA) is 34.1 Å². The van der Waals surface area contributed by atoms with E-state index in [1.54, 1.807) is 11.4 Å². The molecule has 0 saturated carbocycles. The summed E-state index contributed by atoms with van der Waals surface area (Å²) in [6.07, 6.45) is -1.61. The van der Waals surface area contributed by atoms with Crippen molar-refractivity contribution in [3.8, 4) is 0 Å². The van der Waals surface area contributed by atoms with E-state index >= 15 is 0 Å². The van der Waals surface area contributed by atoms with Gasteiger partial charge < -0.3 is 0 Å². The first-order valence-electron chi connectivity index (χ1n) is 3.93. The third kappa shape index (κ3) is 2.21. The number of hydrogen-bond acceptors (Lipinski definition) is 3. The molecular formula is C9H9FO2S. The quantitative estimate of drug-likeness (QED) is 0.551. The molecule has 70 valence electrons. The number of halogens is 1. The highest BCUT2D eigenvalue weighted by Crippen LogP contribution is 2.12. The smallest absolute Gasteiger partial charge is 0.241 e. The lowest BCUT2D eigenvalue weighted by molar-refractivity contribution is -0.119. The van der Waals surface area contributed by atoms with E-state index < -0.39 is 17.7 Å². The monoisotopic (exact) mass is 200 g/mol. The molecule has 13 heavy (non-hydrogen) atoms. The lowest BCUT2D eigenvalue weighted by Gasteiger charge is -2.00. The number of alkyl halides is 1. The molecule has 0 bridgehead atoms. The first-order chi connectivity index (χ1) is 6.16. The van der Waals surface area contributed by atoms with Gasteiger partial charge in [-0.2, -0.15) is 0 Å². The Kier molecular flexibility index (Phi) is 3.31. The molecule has 1 aromatic rings. The fourth-order valence-corrected chi connectivity index (χ4v) is 1.53. The van der Waals surface area contributed by atoms with Crippen LogP contribution in [0.15, 0.2) is 17.5 Å². The van der Waals surface area contributed by atoms with E-state index in [0.717, 1.165) is 11.3 Å². The Morgan fingerprint density at radius 2 is 2.31 bits per heavy atom. The molecule has 1 atom stereocenters. The van der Waals surface area contributed by atoms with E-state index in [1.807, 2.05) is 0 Å². The highest BCUT2D eigenvalue weighted by Gasteiger charge is 2.24. The molecule has 0 aromatic carbocycles. The fourth-order valence-electron chi connectivity index (χ4n) is 0.857. The van der Waals surface area contributed by atoms with Gasteiger partial charge in [-0.05, 0) is 17.9 Å². The van der Waals surface area contributed by atoms with Crippen LogP contribution >= 0.6 is 11.3 Å². The molecular weight excluding hydrogens is 191 g/mol. The molecule has 1 rings (SSSR count). The normalized spacial score (nSPS) is 12.5. The summed E-state index contributed by atoms with van der Waals surface area (Å²) in [4.78, 5) is 22.6. The van der Waals surface area contributed by atoms with Crippen LogP contribution in [-0.4, -0.2) is 17.7 Å². The third-order valence-electron chi connectivity index (χ3n) is 1.61. The maximum absolute atomic E-state index is 12.8. The predicted octanol–water partition coefficient (Wildman–Crippen LogP) is 2.25. The molecule has 1 aromatic heterocycles. The lowest BCUT2D eigenvalue weighted by atomic mass is 10.1. The number of carbonyl (C=O) groups is 2. The summed E-state index contributed by atoms with van der Waals surface area (Å²) < 4.78 is 12.8. The van der Waals surface area contributed by atoms with Crippen LogP contribution in [0.1, 0.15) is 23.0 Å². The van der Waals surface area contributed by atoms with E-state index in [0.29, 0.717) is 4.88 Å². The standard InChI is InChI=1S/C9H9FO2S/c1-2-6(10)8(11)9(12)7-4-3-5-13-7/h3-6H,2H2,1H3. The summed E-state index contributed by atoms with van der Waals surface area (Å²) in [5.74, 6) is -1.66. The van der Waals surface area contributed by atoms with E-state index in [9.17, 15) is 14.0 Å². The van der Waals surface area contributed by atoms with Crippen molar-refractivity contribution in [1.29, 1.82) is 0 Å². The van der Waals surface area contributed by atoms with Crippen molar-refractivity contribution in [3.05, 3.63) is 22.4 Å². The van der Waals surface area contributed by atoms with Crippen molar-refractivity contribution in [2.24, 2.45) is 0 Å². The summed E-state index contributed by atoms with van der Waals surface area (Å²) in [7, 11) is 0. The van der Waals surface area contributed by atoms with Gasteiger partial charge in [0.2, 0.25) is 11.6 Å². The number of ketones is 2. The molecule has 4 heteroatoms. The van der Waals surface area contributed by atoms with Crippen LogP contribution in [0.2, 0.25) is 0 Å². The van der Waals surface area contributed by atoms with Crippen LogP contribution in [0, 0.1) is 0 Å². The minimum absolute atomic E-state index is 0.0515. The van der Waals surface area contributed by atoms with Gasteiger partial charge in [0.15, 0.2) is 6.17 Å². The van der Waals surface area contributed by atoms with Crippen LogP contribution in [0.25, 0.3) is 0 Å². The Hall–Kier alpha value is -1.03. The molecule has 0 aliphatic rings. The lowest BCUT2D eigenvalue weighted by Crippen LogP contribution is -2.23. The second-order valence-corrected chi connectivity index (χ2v) is 3.49. The molecule has 0 saturated heterocycles. The van der Waals surface area contributed by atoms with Gasteiger partial charge in [-0.25, -0.2) is 4.39 Å². The SMILES string of the molecule is CCC(F)C(=O)C(=O)c1cccs1. The van der Waals surface area contributed by atoms with Crippen LogP contribution in [0.5, 0.6) is 0 Å². The minimum atomic E-state index is -1.66. The number of Topliss-reactive ketones (excluding diaryl/α,β-unsaturated/α-hetero) is 2. The van der Waals surface area contributed by atoms with Crippen molar-refractivity contribution in [1.82, 2.24) is 0 Å². The summed E-state index contributed by atoms with van der Waals surface area (Å²) >= 11 is 1.15. The second-order valence-electron chi connectivity index (χ2n) is 2.55. The average Bonchev–Trinajstić information content (AvgIpc) is 2.67. The molecule has 0 fully saturated rings. The molecule has 0 amide bonds. The molecule has 1 heterocycles. The first-order valence-corrected chi connectivity index (χ1v) is 4.81. The number of hydrogen-bond donors (Lipinski definition) is 0. The van der Waals surface area contributed by atoms with E-state index in [-0.39, 0.29) is 6.42 Å². The largest absolute Gasteiger partial charge is 0.287 e. The molecule has 0 N–H and O–H groups in total. The van der Waals surface area contributed by atoms with Gasteiger partial charge in [-0.3, -0.25) is 9.59 Å².